The second-order valence-electron chi connectivity index (χ2n) is 4.06. The molecular weight excluding hydrogens is 234 g/mol. The Labute approximate surface area is 103 Å². The summed E-state index contributed by atoms with van der Waals surface area (Å²) in [7, 11) is 0. The van der Waals surface area contributed by atoms with Crippen LogP contribution in [0.1, 0.15) is 13.8 Å². The van der Waals surface area contributed by atoms with Gasteiger partial charge in [0.1, 0.15) is 11.3 Å². The minimum absolute atomic E-state index is 0.0688. The lowest BCUT2D eigenvalue weighted by Crippen LogP contribution is -2.21. The Hall–Kier alpha value is -2.30. The number of carbonyl (C=O) groups is 1. The molecule has 0 fully saturated rings. The quantitative estimate of drug-likeness (QED) is 0.828. The molecule has 2 rings (SSSR count). The van der Waals surface area contributed by atoms with E-state index in [4.69, 9.17) is 9.15 Å². The normalized spacial score (nSPS) is 10.6. The van der Waals surface area contributed by atoms with Crippen LogP contribution in [0, 0.1) is 0 Å². The average molecular weight is 247 g/mol. The van der Waals surface area contributed by atoms with Gasteiger partial charge in [-0.3, -0.25) is 5.32 Å². The molecule has 0 unspecified atom stereocenters. The zero-order valence-corrected chi connectivity index (χ0v) is 10.1. The van der Waals surface area contributed by atoms with Crippen molar-refractivity contribution in [2.45, 2.75) is 20.0 Å². The molecular formula is C13H13NO4. The fourth-order valence-electron chi connectivity index (χ4n) is 1.50. The summed E-state index contributed by atoms with van der Waals surface area (Å²) in [5.74, 6) is 0. The summed E-state index contributed by atoms with van der Waals surface area (Å²) in [6.45, 7) is 3.45. The van der Waals surface area contributed by atoms with Gasteiger partial charge in [0.05, 0.1) is 6.10 Å². The number of para-hydroxylation sites is 1. The first-order valence-corrected chi connectivity index (χ1v) is 5.57. The summed E-state index contributed by atoms with van der Waals surface area (Å²) in [6, 6.07) is 8.62. The largest absolute Gasteiger partial charge is 0.447 e. The van der Waals surface area contributed by atoms with Gasteiger partial charge in [0.15, 0.2) is 0 Å². The summed E-state index contributed by atoms with van der Waals surface area (Å²) < 4.78 is 9.96. The fraction of sp³-hybridized carbons (Fsp3) is 0.231. The molecule has 18 heavy (non-hydrogen) atoms. The van der Waals surface area contributed by atoms with E-state index in [-0.39, 0.29) is 11.8 Å². The first-order chi connectivity index (χ1) is 8.56. The third kappa shape index (κ3) is 2.68. The van der Waals surface area contributed by atoms with Crippen molar-refractivity contribution in [3.63, 3.8) is 0 Å². The molecule has 0 aliphatic heterocycles. The first kappa shape index (κ1) is 12.2. The molecule has 1 heterocycles. The standard InChI is InChI=1S/C13H13NO4/c1-8(2)17-13(16)14-10-7-9-5-3-4-6-11(9)18-12(10)15/h3-8H,1-2H3,(H,14,16). The third-order valence-corrected chi connectivity index (χ3v) is 2.22. The van der Waals surface area contributed by atoms with Crippen molar-refractivity contribution in [2.75, 3.05) is 5.32 Å². The van der Waals surface area contributed by atoms with Crippen molar-refractivity contribution < 1.29 is 13.9 Å². The van der Waals surface area contributed by atoms with Gasteiger partial charge in [0.2, 0.25) is 0 Å². The summed E-state index contributed by atoms with van der Waals surface area (Å²) in [5, 5.41) is 3.10. The zero-order chi connectivity index (χ0) is 13.1. The molecule has 5 heteroatoms. The third-order valence-electron chi connectivity index (χ3n) is 2.22. The molecule has 0 bridgehead atoms. The van der Waals surface area contributed by atoms with Gasteiger partial charge in [-0.25, -0.2) is 9.59 Å². The van der Waals surface area contributed by atoms with E-state index in [9.17, 15) is 9.59 Å². The summed E-state index contributed by atoms with van der Waals surface area (Å²) in [6.07, 6.45) is -0.926. The molecule has 0 spiro atoms. The van der Waals surface area contributed by atoms with Crippen LogP contribution >= 0.6 is 0 Å². The van der Waals surface area contributed by atoms with Crippen LogP contribution in [0.2, 0.25) is 0 Å². The van der Waals surface area contributed by atoms with Crippen LogP contribution < -0.4 is 10.9 Å². The van der Waals surface area contributed by atoms with E-state index in [1.807, 2.05) is 6.07 Å². The maximum absolute atomic E-state index is 11.6. The number of rotatable bonds is 2. The lowest BCUT2D eigenvalue weighted by molar-refractivity contribution is 0.130. The minimum atomic E-state index is -0.674. The van der Waals surface area contributed by atoms with Crippen molar-refractivity contribution in [3.05, 3.63) is 40.8 Å². The van der Waals surface area contributed by atoms with Gasteiger partial charge in [-0.2, -0.15) is 0 Å². The average Bonchev–Trinajstić information content (AvgIpc) is 2.29. The zero-order valence-electron chi connectivity index (χ0n) is 10.1. The van der Waals surface area contributed by atoms with Gasteiger partial charge in [-0.1, -0.05) is 18.2 Å². The van der Waals surface area contributed by atoms with Crippen molar-refractivity contribution in [1.82, 2.24) is 0 Å². The lowest BCUT2D eigenvalue weighted by Gasteiger charge is -2.08. The highest BCUT2D eigenvalue weighted by atomic mass is 16.6. The second kappa shape index (κ2) is 4.91. The van der Waals surface area contributed by atoms with Crippen LogP contribution in [0.15, 0.2) is 39.5 Å². The molecule has 1 N–H and O–H groups in total. The first-order valence-electron chi connectivity index (χ1n) is 5.57. The Morgan fingerprint density at radius 1 is 1.33 bits per heavy atom. The Bertz CT molecular complexity index is 630. The molecule has 1 aromatic heterocycles. The maximum atomic E-state index is 11.6. The molecule has 0 saturated carbocycles. The van der Waals surface area contributed by atoms with E-state index in [0.717, 1.165) is 5.39 Å². The Morgan fingerprint density at radius 3 is 2.78 bits per heavy atom. The number of carbonyl (C=O) groups excluding carboxylic acids is 1. The molecule has 0 atom stereocenters. The molecule has 0 radical (unpaired) electrons. The number of hydrogen-bond donors (Lipinski definition) is 1. The number of nitrogens with one attached hydrogen (secondary N) is 1. The van der Waals surface area contributed by atoms with Crippen molar-refractivity contribution in [2.24, 2.45) is 0 Å². The number of hydrogen-bond acceptors (Lipinski definition) is 4. The highest BCUT2D eigenvalue weighted by molar-refractivity contribution is 5.88. The number of amides is 1. The highest BCUT2D eigenvalue weighted by Gasteiger charge is 2.10. The van der Waals surface area contributed by atoms with E-state index < -0.39 is 11.7 Å². The lowest BCUT2D eigenvalue weighted by atomic mass is 10.2. The molecule has 0 aliphatic rings. The Morgan fingerprint density at radius 2 is 2.06 bits per heavy atom. The summed E-state index contributed by atoms with van der Waals surface area (Å²) in [4.78, 5) is 23.0. The number of ether oxygens (including phenoxy) is 1. The Balaban J connectivity index is 2.31. The fourth-order valence-corrected chi connectivity index (χ4v) is 1.50. The van der Waals surface area contributed by atoms with Crippen LogP contribution in [0.3, 0.4) is 0 Å². The molecule has 0 saturated heterocycles. The minimum Gasteiger partial charge on any atom is -0.447 e. The Kier molecular flexibility index (Phi) is 3.32. The number of fused-ring (bicyclic) bond motifs is 1. The molecule has 5 nitrogen and oxygen atoms in total. The summed E-state index contributed by atoms with van der Waals surface area (Å²) >= 11 is 0. The van der Waals surface area contributed by atoms with Gasteiger partial charge in [0.25, 0.3) is 0 Å². The van der Waals surface area contributed by atoms with Crippen LogP contribution in [-0.2, 0) is 4.74 Å². The van der Waals surface area contributed by atoms with E-state index in [1.165, 1.54) is 0 Å². The maximum Gasteiger partial charge on any atom is 0.412 e. The number of benzene rings is 1. The molecule has 0 aliphatic carbocycles. The van der Waals surface area contributed by atoms with Crippen LogP contribution in [0.4, 0.5) is 10.5 Å². The van der Waals surface area contributed by atoms with Gasteiger partial charge >= 0.3 is 11.7 Å². The summed E-state index contributed by atoms with van der Waals surface area (Å²) in [5.41, 5.74) is -0.0565. The van der Waals surface area contributed by atoms with Gasteiger partial charge in [-0.15, -0.1) is 0 Å². The van der Waals surface area contributed by atoms with E-state index >= 15 is 0 Å². The SMILES string of the molecule is CC(C)OC(=O)Nc1cc2ccccc2oc1=O. The van der Waals surface area contributed by atoms with E-state index in [1.54, 1.807) is 38.1 Å². The highest BCUT2D eigenvalue weighted by Crippen LogP contribution is 2.15. The van der Waals surface area contributed by atoms with Crippen molar-refractivity contribution >= 4 is 22.7 Å². The molecule has 94 valence electrons. The van der Waals surface area contributed by atoms with E-state index in [2.05, 4.69) is 5.32 Å². The van der Waals surface area contributed by atoms with E-state index in [0.29, 0.717) is 5.58 Å². The van der Waals surface area contributed by atoms with Crippen LogP contribution in [0.25, 0.3) is 11.0 Å². The smallest absolute Gasteiger partial charge is 0.412 e. The second-order valence-corrected chi connectivity index (χ2v) is 4.06. The van der Waals surface area contributed by atoms with Crippen molar-refractivity contribution in [3.8, 4) is 0 Å². The van der Waals surface area contributed by atoms with Gasteiger partial charge in [-0.05, 0) is 26.0 Å². The topological polar surface area (TPSA) is 68.5 Å². The predicted octanol–water partition coefficient (Wildman–Crippen LogP) is 2.75. The number of anilines is 1. The molecule has 2 aromatic rings. The van der Waals surface area contributed by atoms with Crippen molar-refractivity contribution in [1.29, 1.82) is 0 Å². The van der Waals surface area contributed by atoms with Gasteiger partial charge in [0, 0.05) is 5.39 Å². The molecule has 1 aromatic carbocycles. The van der Waals surface area contributed by atoms with Crippen LogP contribution in [0.5, 0.6) is 0 Å². The predicted molar refractivity (Wildman–Crippen MR) is 67.7 cm³/mol. The molecule has 1 amide bonds. The monoisotopic (exact) mass is 247 g/mol. The van der Waals surface area contributed by atoms with Crippen LogP contribution in [-0.4, -0.2) is 12.2 Å². The van der Waals surface area contributed by atoms with Gasteiger partial charge < -0.3 is 9.15 Å².